The van der Waals surface area contributed by atoms with E-state index in [1.165, 1.54) is 0 Å². The van der Waals surface area contributed by atoms with Crippen molar-refractivity contribution in [2.75, 3.05) is 37.0 Å². The maximum absolute atomic E-state index is 11.9. The van der Waals surface area contributed by atoms with Gasteiger partial charge in [0.25, 0.3) is 46.4 Å². The van der Waals surface area contributed by atoms with Gasteiger partial charge >= 0.3 is 0 Å². The Morgan fingerprint density at radius 2 is 0.613 bits per heavy atom. The van der Waals surface area contributed by atoms with Crippen LogP contribution in [0.5, 0.6) is 0 Å². The van der Waals surface area contributed by atoms with Crippen LogP contribution in [-0.4, -0.2) is 121 Å². The Balaban J connectivity index is 0.00000253. The largest absolute Gasteiger partial charge is 0.481 e. The number of aliphatic carboxylic acids is 1. The number of hydrogen-bond donors (Lipinski definition) is 5. The fourth-order valence-corrected chi connectivity index (χ4v) is 19.9. The van der Waals surface area contributed by atoms with Crippen LogP contribution < -0.4 is 0 Å². The molecule has 4 fully saturated rings. The fraction of sp³-hybridized carbons (Fsp3) is 0.976. The zero-order valence-corrected chi connectivity index (χ0v) is 43.4. The smallest absolute Gasteiger partial charge is 0.300 e. The molecule has 8 unspecified atom stereocenters. The standard InChI is InChI=1S/C39H74O12P2S4.C2H4O2.Pd/c40-54(41,42)36-18-1-10-32(28-36)14-5-22-52(23-6-15-33-11-2-19-37(29-33)55(43,44)45)26-9-27-53(24-7-16-34-12-3-20-38(30-34)56(46,47)48)25-8-17-35-13-4-21-39(31-35)57(49,50)51;1-2(3)4;/h32-39H,1-31H2,(H,40,41,42)(H,43,44,45)(H,46,47,48)(H,49,50,51);1H3,(H,3,4);. The summed E-state index contributed by atoms with van der Waals surface area (Å²) >= 11 is 0. The molecule has 21 heteroatoms. The molecule has 62 heavy (non-hydrogen) atoms. The Morgan fingerprint density at radius 3 is 0.806 bits per heavy atom. The summed E-state index contributed by atoms with van der Waals surface area (Å²) < 4.78 is 133. The van der Waals surface area contributed by atoms with E-state index in [2.05, 4.69) is 0 Å². The van der Waals surface area contributed by atoms with Crippen LogP contribution in [0.3, 0.4) is 0 Å². The third-order valence-electron chi connectivity index (χ3n) is 13.9. The molecule has 4 aliphatic carbocycles. The SMILES string of the molecule is CC(=O)O.O=S(=O)(O)C1CCCC(CCCP(CCCC2CCCC(S(=O)(=O)O)C2)CCCP(CCCC2CCCC(S(=O)(=O)O)C2)CCCC2CCCC(S(=O)(=O)O)C2)C1.[Pd]. The van der Waals surface area contributed by atoms with Gasteiger partial charge < -0.3 is 5.11 Å². The minimum absolute atomic E-state index is 0. The van der Waals surface area contributed by atoms with Gasteiger partial charge in [-0.1, -0.05) is 77.0 Å². The van der Waals surface area contributed by atoms with Crippen molar-refractivity contribution in [2.24, 2.45) is 23.7 Å². The van der Waals surface area contributed by atoms with Crippen molar-refractivity contribution in [1.82, 2.24) is 0 Å². The average molecular weight is 1090 g/mol. The Hall–Kier alpha value is 0.632. The molecule has 5 N–H and O–H groups in total. The summed E-state index contributed by atoms with van der Waals surface area (Å²) in [4.78, 5) is 9.00. The Kier molecular flexibility index (Phi) is 27.3. The van der Waals surface area contributed by atoms with E-state index in [-0.39, 0.29) is 36.3 Å². The summed E-state index contributed by atoms with van der Waals surface area (Å²) in [6.45, 7) is 1.08. The van der Waals surface area contributed by atoms with Crippen molar-refractivity contribution < 1.29 is 82.2 Å². The van der Waals surface area contributed by atoms with Gasteiger partial charge in [0.2, 0.25) is 0 Å². The van der Waals surface area contributed by atoms with Crippen LogP contribution in [0.1, 0.15) is 167 Å². The summed E-state index contributed by atoms with van der Waals surface area (Å²) in [6, 6.07) is 0. The average Bonchev–Trinajstić information content (AvgIpc) is 3.16. The molecule has 14 nitrogen and oxygen atoms in total. The van der Waals surface area contributed by atoms with Gasteiger partial charge in [-0.3, -0.25) is 23.0 Å². The molecular weight excluding hydrogens is 1010 g/mol. The van der Waals surface area contributed by atoms with E-state index in [9.17, 15) is 51.9 Å². The zero-order chi connectivity index (χ0) is 45.3. The molecule has 8 atom stereocenters. The minimum Gasteiger partial charge on any atom is -0.481 e. The summed E-state index contributed by atoms with van der Waals surface area (Å²) in [7, 11) is -16.6. The van der Waals surface area contributed by atoms with Crippen LogP contribution in [-0.2, 0) is 65.7 Å². The predicted molar refractivity (Wildman–Crippen MR) is 247 cm³/mol. The van der Waals surface area contributed by atoms with Gasteiger partial charge in [-0.25, -0.2) is 0 Å². The maximum Gasteiger partial charge on any atom is 0.300 e. The van der Waals surface area contributed by atoms with E-state index >= 15 is 0 Å². The minimum atomic E-state index is -4.02. The molecule has 0 aromatic carbocycles. The van der Waals surface area contributed by atoms with Gasteiger partial charge in [0.15, 0.2) is 0 Å². The summed E-state index contributed by atoms with van der Waals surface area (Å²) in [6.07, 6.45) is 27.5. The van der Waals surface area contributed by atoms with Crippen LogP contribution >= 0.6 is 15.8 Å². The second-order valence-corrected chi connectivity index (χ2v) is 31.0. The molecule has 0 aromatic heterocycles. The summed E-state index contributed by atoms with van der Waals surface area (Å²) in [5.74, 6) is 0.403. The van der Waals surface area contributed by atoms with Gasteiger partial charge in [-0.2, -0.15) is 33.7 Å². The first-order chi connectivity index (χ1) is 28.5. The molecule has 0 radical (unpaired) electrons. The first-order valence-electron chi connectivity index (χ1n) is 23.0. The van der Waals surface area contributed by atoms with E-state index in [0.717, 1.165) is 153 Å². The Bertz CT molecular complexity index is 1510. The predicted octanol–water partition coefficient (Wildman–Crippen LogP) is 9.34. The molecule has 370 valence electrons. The van der Waals surface area contributed by atoms with Crippen molar-refractivity contribution in [2.45, 2.75) is 188 Å². The van der Waals surface area contributed by atoms with Crippen molar-refractivity contribution in [1.29, 1.82) is 0 Å². The Morgan fingerprint density at radius 1 is 0.419 bits per heavy atom. The Labute approximate surface area is 391 Å². The number of carboxylic acids is 1. The molecule has 4 saturated carbocycles. The number of hydrogen-bond acceptors (Lipinski definition) is 9. The first kappa shape index (κ1) is 58.8. The third-order valence-corrected chi connectivity index (χ3v) is 24.7. The monoisotopic (exact) mass is 1090 g/mol. The molecule has 0 aliphatic heterocycles. The molecular formula is C41H78O14P2PdS4. The van der Waals surface area contributed by atoms with Gasteiger partial charge in [-0.15, -0.1) is 15.8 Å². The van der Waals surface area contributed by atoms with Crippen molar-refractivity contribution in [3.8, 4) is 0 Å². The summed E-state index contributed by atoms with van der Waals surface area (Å²) in [5.41, 5.74) is 0. The number of rotatable bonds is 24. The van der Waals surface area contributed by atoms with E-state index in [0.29, 0.717) is 75.0 Å². The zero-order valence-electron chi connectivity index (χ0n) is 36.8. The van der Waals surface area contributed by atoms with Crippen LogP contribution in [0.25, 0.3) is 0 Å². The molecule has 4 rings (SSSR count). The van der Waals surface area contributed by atoms with Crippen LogP contribution in [0.4, 0.5) is 0 Å². The van der Waals surface area contributed by atoms with Crippen LogP contribution in [0.15, 0.2) is 0 Å². The van der Waals surface area contributed by atoms with E-state index < -0.39 is 67.4 Å². The van der Waals surface area contributed by atoms with Gasteiger partial charge in [-0.05, 0) is 144 Å². The maximum atomic E-state index is 11.9. The third kappa shape index (κ3) is 24.1. The second-order valence-electron chi connectivity index (χ2n) is 18.8. The number of carbonyl (C=O) groups is 1. The van der Waals surface area contributed by atoms with E-state index in [1.54, 1.807) is 0 Å². The van der Waals surface area contributed by atoms with E-state index in [1.807, 2.05) is 0 Å². The first-order valence-corrected chi connectivity index (χ1v) is 32.8. The molecule has 0 amide bonds. The van der Waals surface area contributed by atoms with Crippen molar-refractivity contribution in [3.05, 3.63) is 0 Å². The van der Waals surface area contributed by atoms with Crippen LogP contribution in [0.2, 0.25) is 0 Å². The molecule has 0 heterocycles. The van der Waals surface area contributed by atoms with Crippen molar-refractivity contribution >= 4 is 62.3 Å². The summed E-state index contributed by atoms with van der Waals surface area (Å²) in [5, 5.41) is 4.82. The quantitative estimate of drug-likeness (QED) is 0.0343. The normalized spacial score (nSPS) is 28.7. The molecule has 0 aromatic rings. The van der Waals surface area contributed by atoms with Gasteiger partial charge in [0.05, 0.1) is 21.0 Å². The topological polar surface area (TPSA) is 255 Å². The van der Waals surface area contributed by atoms with Crippen LogP contribution in [0, 0.1) is 23.7 Å². The fourth-order valence-electron chi connectivity index (χ4n) is 10.7. The second kappa shape index (κ2) is 28.8. The van der Waals surface area contributed by atoms with E-state index in [4.69, 9.17) is 9.90 Å². The molecule has 0 saturated heterocycles. The number of carboxylic acid groups (broad SMARTS) is 1. The van der Waals surface area contributed by atoms with Crippen molar-refractivity contribution in [3.63, 3.8) is 0 Å². The van der Waals surface area contributed by atoms with Gasteiger partial charge in [0.1, 0.15) is 0 Å². The van der Waals surface area contributed by atoms with Gasteiger partial charge in [0, 0.05) is 27.3 Å². The molecule has 4 aliphatic rings. The molecule has 0 bridgehead atoms. The molecule has 0 spiro atoms.